The highest BCUT2D eigenvalue weighted by molar-refractivity contribution is 7.98. The van der Waals surface area contributed by atoms with Gasteiger partial charge in [-0.05, 0) is 37.6 Å². The van der Waals surface area contributed by atoms with Crippen LogP contribution in [0.3, 0.4) is 0 Å². The third kappa shape index (κ3) is 5.22. The van der Waals surface area contributed by atoms with Crippen LogP contribution in [0, 0.1) is 0 Å². The minimum absolute atomic E-state index is 0.223. The molecule has 4 rings (SSSR count). The number of hydrogen-bond donors (Lipinski definition) is 0. The third-order valence-corrected chi connectivity index (χ3v) is 7.09. The van der Waals surface area contributed by atoms with E-state index in [1.54, 1.807) is 41.6 Å². The average molecular weight is 538 g/mol. The molecule has 0 atom stereocenters. The van der Waals surface area contributed by atoms with E-state index in [-0.39, 0.29) is 6.61 Å². The number of rotatable bonds is 11. The first-order valence-corrected chi connectivity index (χ1v) is 13.1. The van der Waals surface area contributed by atoms with Crippen molar-refractivity contribution < 1.29 is 28.5 Å². The van der Waals surface area contributed by atoms with Gasteiger partial charge in [0.05, 0.1) is 51.8 Å². The van der Waals surface area contributed by atoms with Crippen molar-refractivity contribution in [2.75, 3.05) is 35.0 Å². The zero-order chi connectivity index (χ0) is 27.2. The lowest BCUT2D eigenvalue weighted by Gasteiger charge is -2.19. The molecule has 0 amide bonds. The number of ether oxygens (including phenoxy) is 5. The molecule has 200 valence electrons. The van der Waals surface area contributed by atoms with E-state index in [2.05, 4.69) is 11.9 Å². The van der Waals surface area contributed by atoms with E-state index in [4.69, 9.17) is 28.7 Å². The van der Waals surface area contributed by atoms with Crippen LogP contribution < -0.4 is 18.9 Å². The maximum Gasteiger partial charge on any atom is 0.340 e. The normalized spacial score (nSPS) is 10.9. The van der Waals surface area contributed by atoms with E-state index in [9.17, 15) is 4.79 Å². The maximum absolute atomic E-state index is 13.5. The Morgan fingerprint density at radius 2 is 1.61 bits per heavy atom. The van der Waals surface area contributed by atoms with Crippen LogP contribution >= 0.6 is 11.8 Å². The van der Waals surface area contributed by atoms with Gasteiger partial charge in [0.1, 0.15) is 0 Å². The van der Waals surface area contributed by atoms with E-state index in [1.165, 1.54) is 11.8 Å². The summed E-state index contributed by atoms with van der Waals surface area (Å²) in [7, 11) is 6.30. The number of esters is 1. The summed E-state index contributed by atoms with van der Waals surface area (Å²) in [6, 6.07) is 9.18. The van der Waals surface area contributed by atoms with Gasteiger partial charge in [-0.2, -0.15) is 0 Å². The van der Waals surface area contributed by atoms with Crippen LogP contribution in [0.5, 0.6) is 23.0 Å². The van der Waals surface area contributed by atoms with Gasteiger partial charge < -0.3 is 28.3 Å². The molecular weight excluding hydrogens is 506 g/mol. The standard InChI is InChI=1S/C28H31N3O6S/c1-7-31-12-11-29-28(31)38-16-20-26(27(32)37-8-2)25(17-9-10-21(33-3)22(13-17)34-4)18-14-23(35-5)24(36-6)15-19(18)30-20/h9-15H,7-8,16H2,1-6H3. The number of thioether (sulfide) groups is 1. The number of nitrogens with zero attached hydrogens (tertiary/aromatic N) is 3. The molecule has 0 N–H and O–H groups in total. The van der Waals surface area contributed by atoms with Crippen molar-refractivity contribution in [3.8, 4) is 34.1 Å². The summed E-state index contributed by atoms with van der Waals surface area (Å²) in [5.74, 6) is 2.10. The summed E-state index contributed by atoms with van der Waals surface area (Å²) in [5.41, 5.74) is 3.00. The summed E-state index contributed by atoms with van der Waals surface area (Å²) in [5, 5.41) is 1.55. The predicted octanol–water partition coefficient (Wildman–Crippen LogP) is 5.62. The summed E-state index contributed by atoms with van der Waals surface area (Å²) in [4.78, 5) is 22.9. The Kier molecular flexibility index (Phi) is 8.62. The highest BCUT2D eigenvalue weighted by atomic mass is 32.2. The van der Waals surface area contributed by atoms with Crippen LogP contribution in [-0.4, -0.2) is 55.6 Å². The Bertz CT molecular complexity index is 1450. The molecule has 0 aliphatic carbocycles. The average Bonchev–Trinajstić information content (AvgIpc) is 3.41. The number of aryl methyl sites for hydroxylation is 1. The Morgan fingerprint density at radius 3 is 2.26 bits per heavy atom. The SMILES string of the molecule is CCOC(=O)c1c(CSc2nccn2CC)nc2cc(OC)c(OC)cc2c1-c1ccc(OC)c(OC)c1. The molecule has 2 heterocycles. The first kappa shape index (κ1) is 27.1. The van der Waals surface area contributed by atoms with Crippen LogP contribution in [0.15, 0.2) is 47.9 Å². The van der Waals surface area contributed by atoms with Crippen LogP contribution in [-0.2, 0) is 17.0 Å². The fourth-order valence-corrected chi connectivity index (χ4v) is 5.24. The van der Waals surface area contributed by atoms with E-state index in [1.807, 2.05) is 41.1 Å². The van der Waals surface area contributed by atoms with Crippen LogP contribution in [0.4, 0.5) is 0 Å². The molecule has 0 saturated heterocycles. The highest BCUT2D eigenvalue weighted by Crippen LogP contribution is 2.42. The minimum Gasteiger partial charge on any atom is -0.493 e. The van der Waals surface area contributed by atoms with Gasteiger partial charge in [-0.15, -0.1) is 0 Å². The lowest BCUT2D eigenvalue weighted by molar-refractivity contribution is 0.0526. The second-order valence-electron chi connectivity index (χ2n) is 8.11. The third-order valence-electron chi connectivity index (χ3n) is 6.07. The molecule has 0 aliphatic rings. The monoisotopic (exact) mass is 537 g/mol. The lowest BCUT2D eigenvalue weighted by atomic mass is 9.93. The quantitative estimate of drug-likeness (QED) is 0.178. The van der Waals surface area contributed by atoms with Crippen molar-refractivity contribution in [1.82, 2.24) is 14.5 Å². The van der Waals surface area contributed by atoms with Crippen molar-refractivity contribution in [3.05, 3.63) is 54.0 Å². The zero-order valence-corrected chi connectivity index (χ0v) is 23.2. The fourth-order valence-electron chi connectivity index (χ4n) is 4.27. The molecule has 0 unspecified atom stereocenters. The molecule has 0 saturated carbocycles. The molecule has 2 aromatic heterocycles. The Balaban J connectivity index is 2.03. The molecule has 0 bridgehead atoms. The van der Waals surface area contributed by atoms with E-state index in [0.29, 0.717) is 56.5 Å². The second-order valence-corrected chi connectivity index (χ2v) is 9.05. The Hall–Kier alpha value is -3.92. The first-order chi connectivity index (χ1) is 18.5. The number of hydrogen-bond acceptors (Lipinski definition) is 9. The van der Waals surface area contributed by atoms with Gasteiger partial charge in [0.15, 0.2) is 28.2 Å². The van der Waals surface area contributed by atoms with Crippen molar-refractivity contribution in [2.24, 2.45) is 0 Å². The molecule has 4 aromatic rings. The number of imidazole rings is 1. The Morgan fingerprint density at radius 1 is 0.921 bits per heavy atom. The second kappa shape index (κ2) is 12.1. The number of methoxy groups -OCH3 is 4. The number of aromatic nitrogens is 3. The van der Waals surface area contributed by atoms with Gasteiger partial charge in [0.2, 0.25) is 0 Å². The van der Waals surface area contributed by atoms with E-state index < -0.39 is 5.97 Å². The van der Waals surface area contributed by atoms with Gasteiger partial charge in [-0.3, -0.25) is 4.98 Å². The molecule has 38 heavy (non-hydrogen) atoms. The molecule has 0 aliphatic heterocycles. The number of carbonyl (C=O) groups is 1. The van der Waals surface area contributed by atoms with Crippen molar-refractivity contribution in [1.29, 1.82) is 0 Å². The number of fused-ring (bicyclic) bond motifs is 1. The molecule has 10 heteroatoms. The largest absolute Gasteiger partial charge is 0.493 e. The zero-order valence-electron chi connectivity index (χ0n) is 22.4. The van der Waals surface area contributed by atoms with Crippen LogP contribution in [0.25, 0.3) is 22.0 Å². The van der Waals surface area contributed by atoms with Crippen molar-refractivity contribution in [3.63, 3.8) is 0 Å². The van der Waals surface area contributed by atoms with Gasteiger partial charge in [-0.25, -0.2) is 9.78 Å². The first-order valence-electron chi connectivity index (χ1n) is 12.1. The van der Waals surface area contributed by atoms with Gasteiger partial charge in [-0.1, -0.05) is 17.8 Å². The predicted molar refractivity (Wildman–Crippen MR) is 147 cm³/mol. The number of benzene rings is 2. The Labute approximate surface area is 226 Å². The maximum atomic E-state index is 13.5. The van der Waals surface area contributed by atoms with Crippen molar-refractivity contribution in [2.45, 2.75) is 31.3 Å². The number of pyridine rings is 1. The van der Waals surface area contributed by atoms with Gasteiger partial charge in [0.25, 0.3) is 0 Å². The lowest BCUT2D eigenvalue weighted by Crippen LogP contribution is -2.12. The molecule has 9 nitrogen and oxygen atoms in total. The topological polar surface area (TPSA) is 93.9 Å². The summed E-state index contributed by atoms with van der Waals surface area (Å²) < 4.78 is 29.7. The number of carbonyl (C=O) groups excluding carboxylic acids is 1. The smallest absolute Gasteiger partial charge is 0.340 e. The molecule has 0 fully saturated rings. The minimum atomic E-state index is -0.462. The van der Waals surface area contributed by atoms with Crippen LogP contribution in [0.2, 0.25) is 0 Å². The molecule has 0 radical (unpaired) electrons. The molecule has 0 spiro atoms. The van der Waals surface area contributed by atoms with Crippen molar-refractivity contribution >= 4 is 28.6 Å². The summed E-state index contributed by atoms with van der Waals surface area (Å²) in [6.07, 6.45) is 3.69. The summed E-state index contributed by atoms with van der Waals surface area (Å²) >= 11 is 1.51. The summed E-state index contributed by atoms with van der Waals surface area (Å²) in [6.45, 7) is 4.84. The van der Waals surface area contributed by atoms with Gasteiger partial charge in [0, 0.05) is 41.7 Å². The molecular formula is C28H31N3O6S. The van der Waals surface area contributed by atoms with Gasteiger partial charge >= 0.3 is 5.97 Å². The highest BCUT2D eigenvalue weighted by Gasteiger charge is 2.26. The fraction of sp³-hybridized carbons (Fsp3) is 0.321. The van der Waals surface area contributed by atoms with Crippen LogP contribution in [0.1, 0.15) is 29.9 Å². The van der Waals surface area contributed by atoms with E-state index in [0.717, 1.165) is 17.3 Å². The van der Waals surface area contributed by atoms with E-state index >= 15 is 0 Å². The molecule has 2 aromatic carbocycles.